The summed E-state index contributed by atoms with van der Waals surface area (Å²) in [6, 6.07) is 0.624. The molecule has 5 heteroatoms. The molecule has 2 N–H and O–H groups in total. The van der Waals surface area contributed by atoms with Crippen LogP contribution >= 0.6 is 24.0 Å². The normalized spacial score (nSPS) is 22.6. The fourth-order valence-electron chi connectivity index (χ4n) is 1.59. The fraction of sp³-hybridized carbons (Fsp3) is 0.923. The first kappa shape index (κ1) is 18.0. The van der Waals surface area contributed by atoms with E-state index in [0.717, 1.165) is 38.1 Å². The Labute approximate surface area is 128 Å². The third-order valence-electron chi connectivity index (χ3n) is 2.86. The van der Waals surface area contributed by atoms with Crippen LogP contribution in [0.15, 0.2) is 4.99 Å². The topological polar surface area (TPSA) is 45.7 Å². The number of ether oxygens (including phenoxy) is 1. The Morgan fingerprint density at radius 3 is 2.61 bits per heavy atom. The zero-order chi connectivity index (χ0) is 12.7. The summed E-state index contributed by atoms with van der Waals surface area (Å²) in [6.07, 6.45) is 2.28. The highest BCUT2D eigenvalue weighted by Gasteiger charge is 2.32. The van der Waals surface area contributed by atoms with E-state index in [9.17, 15) is 0 Å². The van der Waals surface area contributed by atoms with Crippen LogP contribution in [-0.4, -0.2) is 38.8 Å². The summed E-state index contributed by atoms with van der Waals surface area (Å²) >= 11 is 0. The Morgan fingerprint density at radius 1 is 1.44 bits per heavy atom. The van der Waals surface area contributed by atoms with Crippen molar-refractivity contribution in [2.45, 2.75) is 39.7 Å². The van der Waals surface area contributed by atoms with Crippen LogP contribution in [0.4, 0.5) is 0 Å². The summed E-state index contributed by atoms with van der Waals surface area (Å²) in [5, 5.41) is 6.71. The van der Waals surface area contributed by atoms with Gasteiger partial charge in [-0.15, -0.1) is 24.0 Å². The first-order valence-electron chi connectivity index (χ1n) is 6.68. The highest BCUT2D eigenvalue weighted by molar-refractivity contribution is 14.0. The van der Waals surface area contributed by atoms with Crippen LogP contribution in [0.3, 0.4) is 0 Å². The second-order valence-corrected chi connectivity index (χ2v) is 5.29. The Hall–Kier alpha value is -0.0400. The molecule has 1 aliphatic rings. The molecule has 18 heavy (non-hydrogen) atoms. The molecule has 0 aromatic heterocycles. The number of nitrogens with one attached hydrogen (secondary N) is 2. The van der Waals surface area contributed by atoms with Gasteiger partial charge in [0.15, 0.2) is 5.96 Å². The summed E-state index contributed by atoms with van der Waals surface area (Å²) in [7, 11) is 1.82. The van der Waals surface area contributed by atoms with Crippen LogP contribution in [-0.2, 0) is 4.74 Å². The molecule has 0 bridgehead atoms. The van der Waals surface area contributed by atoms with Gasteiger partial charge in [0.25, 0.3) is 0 Å². The first-order valence-corrected chi connectivity index (χ1v) is 6.68. The number of hydrogen-bond donors (Lipinski definition) is 2. The van der Waals surface area contributed by atoms with Crippen molar-refractivity contribution in [1.29, 1.82) is 0 Å². The summed E-state index contributed by atoms with van der Waals surface area (Å²) in [5.41, 5.74) is 0. The van der Waals surface area contributed by atoms with Gasteiger partial charge in [0.2, 0.25) is 0 Å². The molecule has 0 saturated heterocycles. The lowest BCUT2D eigenvalue weighted by Gasteiger charge is -2.11. The highest BCUT2D eigenvalue weighted by Crippen LogP contribution is 2.28. The summed E-state index contributed by atoms with van der Waals surface area (Å²) in [4.78, 5) is 4.20. The first-order chi connectivity index (χ1) is 8.13. The van der Waals surface area contributed by atoms with E-state index in [-0.39, 0.29) is 24.0 Å². The van der Waals surface area contributed by atoms with Crippen molar-refractivity contribution in [2.75, 3.05) is 26.8 Å². The van der Waals surface area contributed by atoms with Crippen molar-refractivity contribution in [2.24, 2.45) is 16.8 Å². The van der Waals surface area contributed by atoms with E-state index in [1.54, 1.807) is 0 Å². The van der Waals surface area contributed by atoms with Gasteiger partial charge in [-0.2, -0.15) is 0 Å². The smallest absolute Gasteiger partial charge is 0.191 e. The van der Waals surface area contributed by atoms with Crippen LogP contribution in [0, 0.1) is 11.8 Å². The van der Waals surface area contributed by atoms with Crippen LogP contribution in [0.2, 0.25) is 0 Å². The van der Waals surface area contributed by atoms with E-state index in [1.165, 1.54) is 6.42 Å². The van der Waals surface area contributed by atoms with Gasteiger partial charge in [-0.3, -0.25) is 4.99 Å². The average Bonchev–Trinajstić information content (AvgIpc) is 2.97. The van der Waals surface area contributed by atoms with E-state index in [1.807, 2.05) is 7.05 Å². The number of hydrogen-bond acceptors (Lipinski definition) is 2. The quantitative estimate of drug-likeness (QED) is 0.313. The summed E-state index contributed by atoms with van der Waals surface area (Å²) in [6.45, 7) is 9.18. The minimum absolute atomic E-state index is 0. The number of halogens is 1. The Kier molecular flexibility index (Phi) is 9.81. The van der Waals surface area contributed by atoms with Gasteiger partial charge < -0.3 is 15.4 Å². The molecule has 108 valence electrons. The molecule has 2 unspecified atom stereocenters. The van der Waals surface area contributed by atoms with Gasteiger partial charge in [0.1, 0.15) is 0 Å². The largest absolute Gasteiger partial charge is 0.381 e. The van der Waals surface area contributed by atoms with E-state index < -0.39 is 0 Å². The predicted molar refractivity (Wildman–Crippen MR) is 87.8 cm³/mol. The maximum absolute atomic E-state index is 5.52. The number of guanidine groups is 1. The second kappa shape index (κ2) is 9.83. The monoisotopic (exact) mass is 369 g/mol. The van der Waals surface area contributed by atoms with Gasteiger partial charge in [-0.25, -0.2) is 0 Å². The Morgan fingerprint density at radius 2 is 2.11 bits per heavy atom. The zero-order valence-corrected chi connectivity index (χ0v) is 14.4. The van der Waals surface area contributed by atoms with Crippen molar-refractivity contribution in [3.05, 3.63) is 0 Å². The van der Waals surface area contributed by atoms with Gasteiger partial charge in [0.05, 0.1) is 0 Å². The van der Waals surface area contributed by atoms with Gasteiger partial charge in [-0.1, -0.05) is 20.8 Å². The third kappa shape index (κ3) is 8.13. The molecule has 0 aliphatic heterocycles. The SMILES string of the molecule is CN=C(NCCCOCC(C)C)NC1CC1C.I. The molecule has 0 radical (unpaired) electrons. The van der Waals surface area contributed by atoms with E-state index in [4.69, 9.17) is 4.74 Å². The average molecular weight is 369 g/mol. The third-order valence-corrected chi connectivity index (χ3v) is 2.86. The molecule has 1 saturated carbocycles. The van der Waals surface area contributed by atoms with Gasteiger partial charge >= 0.3 is 0 Å². The van der Waals surface area contributed by atoms with Crippen molar-refractivity contribution in [3.8, 4) is 0 Å². The minimum atomic E-state index is 0. The van der Waals surface area contributed by atoms with E-state index in [2.05, 4.69) is 36.4 Å². The molecule has 0 aromatic carbocycles. The van der Waals surface area contributed by atoms with Crippen molar-refractivity contribution >= 4 is 29.9 Å². The molecule has 1 aliphatic carbocycles. The van der Waals surface area contributed by atoms with Crippen molar-refractivity contribution in [1.82, 2.24) is 10.6 Å². The molecular weight excluding hydrogens is 341 g/mol. The molecule has 0 aromatic rings. The zero-order valence-electron chi connectivity index (χ0n) is 12.0. The molecule has 0 heterocycles. The maximum atomic E-state index is 5.52. The standard InChI is InChI=1S/C13H27N3O.HI/c1-10(2)9-17-7-5-6-15-13(14-4)16-12-8-11(12)3;/h10-12H,5-9H2,1-4H3,(H2,14,15,16);1H. The maximum Gasteiger partial charge on any atom is 0.191 e. The lowest BCUT2D eigenvalue weighted by Crippen LogP contribution is -2.39. The van der Waals surface area contributed by atoms with Crippen LogP contribution < -0.4 is 10.6 Å². The van der Waals surface area contributed by atoms with Crippen molar-refractivity contribution in [3.63, 3.8) is 0 Å². The highest BCUT2D eigenvalue weighted by atomic mass is 127. The Bertz CT molecular complexity index is 246. The van der Waals surface area contributed by atoms with Crippen LogP contribution in [0.1, 0.15) is 33.6 Å². The predicted octanol–water partition coefficient (Wildman–Crippen LogP) is 2.24. The number of rotatable bonds is 7. The van der Waals surface area contributed by atoms with Crippen LogP contribution in [0.25, 0.3) is 0 Å². The molecule has 2 atom stereocenters. The molecule has 4 nitrogen and oxygen atoms in total. The van der Waals surface area contributed by atoms with Crippen molar-refractivity contribution < 1.29 is 4.74 Å². The fourth-order valence-corrected chi connectivity index (χ4v) is 1.59. The lowest BCUT2D eigenvalue weighted by molar-refractivity contribution is 0.108. The molecule has 1 rings (SSSR count). The molecular formula is C13H28IN3O. The van der Waals surface area contributed by atoms with E-state index >= 15 is 0 Å². The van der Waals surface area contributed by atoms with Gasteiger partial charge in [0, 0.05) is 32.8 Å². The summed E-state index contributed by atoms with van der Waals surface area (Å²) in [5.74, 6) is 2.33. The molecule has 0 spiro atoms. The lowest BCUT2D eigenvalue weighted by atomic mass is 10.2. The molecule has 1 fully saturated rings. The van der Waals surface area contributed by atoms with Gasteiger partial charge in [-0.05, 0) is 24.7 Å². The summed E-state index contributed by atoms with van der Waals surface area (Å²) < 4.78 is 5.52. The second-order valence-electron chi connectivity index (χ2n) is 5.29. The minimum Gasteiger partial charge on any atom is -0.381 e. The van der Waals surface area contributed by atoms with E-state index in [0.29, 0.717) is 12.0 Å². The van der Waals surface area contributed by atoms with Crippen LogP contribution in [0.5, 0.6) is 0 Å². The number of nitrogens with zero attached hydrogens (tertiary/aromatic N) is 1. The Balaban J connectivity index is 0.00000289. The molecule has 0 amide bonds. The number of aliphatic imine (C=N–C) groups is 1.